The van der Waals surface area contributed by atoms with Gasteiger partial charge >= 0.3 is 0 Å². The van der Waals surface area contributed by atoms with E-state index in [0.29, 0.717) is 24.5 Å². The van der Waals surface area contributed by atoms with Crippen molar-refractivity contribution in [2.24, 2.45) is 0 Å². The van der Waals surface area contributed by atoms with Gasteiger partial charge in [-0.2, -0.15) is 5.10 Å². The molecule has 1 aromatic heterocycles. The maximum Gasteiger partial charge on any atom is 0.233 e. The SMILES string of the molecule is CCCN(Cc1c(C)nn(-c2cccc(F)c2)c1N1CCN(CC)CC1)C(=O)CSc1ccccc1. The third-order valence-electron chi connectivity index (χ3n) is 6.63. The van der Waals surface area contributed by atoms with Crippen LogP contribution in [0.2, 0.25) is 0 Å². The first-order valence-electron chi connectivity index (χ1n) is 12.8. The molecule has 1 aliphatic rings. The van der Waals surface area contributed by atoms with Crippen molar-refractivity contribution in [1.29, 1.82) is 0 Å². The Balaban J connectivity index is 1.63. The lowest BCUT2D eigenvalue weighted by Crippen LogP contribution is -2.47. The van der Waals surface area contributed by atoms with Gasteiger partial charge in [0.15, 0.2) is 0 Å². The highest BCUT2D eigenvalue weighted by Gasteiger charge is 2.27. The Bertz CT molecular complexity index is 1140. The zero-order valence-electron chi connectivity index (χ0n) is 21.5. The molecule has 0 radical (unpaired) electrons. The lowest BCUT2D eigenvalue weighted by atomic mass is 10.1. The van der Waals surface area contributed by atoms with Crippen LogP contribution < -0.4 is 4.90 Å². The molecule has 3 aromatic rings. The van der Waals surface area contributed by atoms with Gasteiger partial charge in [-0.3, -0.25) is 4.79 Å². The minimum Gasteiger partial charge on any atom is -0.354 e. The van der Waals surface area contributed by atoms with Gasteiger partial charge in [0.2, 0.25) is 5.91 Å². The first kappa shape index (κ1) is 26.2. The van der Waals surface area contributed by atoms with Crippen LogP contribution in [0, 0.1) is 12.7 Å². The summed E-state index contributed by atoms with van der Waals surface area (Å²) in [5.74, 6) is 1.19. The van der Waals surface area contributed by atoms with Crippen LogP contribution in [0.4, 0.5) is 10.2 Å². The fourth-order valence-corrected chi connectivity index (χ4v) is 5.45. The molecule has 8 heteroatoms. The number of carbonyl (C=O) groups excluding carboxylic acids is 1. The molecule has 1 amide bonds. The van der Waals surface area contributed by atoms with E-state index in [0.717, 1.165) is 61.1 Å². The quantitative estimate of drug-likeness (QED) is 0.360. The third-order valence-corrected chi connectivity index (χ3v) is 7.63. The molecule has 0 N–H and O–H groups in total. The Labute approximate surface area is 218 Å². The van der Waals surface area contributed by atoms with Crippen molar-refractivity contribution >= 4 is 23.5 Å². The zero-order valence-corrected chi connectivity index (χ0v) is 22.3. The molecule has 1 fully saturated rings. The standard InChI is InChI=1S/C28H36FN5OS/c1-4-14-33(27(35)21-36-25-12-7-6-8-13-25)20-26-22(3)30-34(24-11-9-10-23(29)19-24)28(26)32-17-15-31(5-2)16-18-32/h6-13,19H,4-5,14-18,20-21H2,1-3H3. The number of amides is 1. The molecule has 0 unspecified atom stereocenters. The molecule has 36 heavy (non-hydrogen) atoms. The van der Waals surface area contributed by atoms with Crippen LogP contribution in [0.1, 0.15) is 31.5 Å². The highest BCUT2D eigenvalue weighted by atomic mass is 32.2. The van der Waals surface area contributed by atoms with E-state index in [1.54, 1.807) is 17.8 Å². The molecular weight excluding hydrogens is 473 g/mol. The molecule has 2 aromatic carbocycles. The normalized spacial score (nSPS) is 14.3. The van der Waals surface area contributed by atoms with Crippen LogP contribution in [0.15, 0.2) is 59.5 Å². The molecule has 192 valence electrons. The number of likely N-dealkylation sites (N-methyl/N-ethyl adjacent to an activating group) is 1. The van der Waals surface area contributed by atoms with E-state index in [-0.39, 0.29) is 11.7 Å². The molecule has 1 aliphatic heterocycles. The Hall–Kier alpha value is -2.84. The van der Waals surface area contributed by atoms with Gasteiger partial charge in [-0.1, -0.05) is 38.1 Å². The number of nitrogens with zero attached hydrogens (tertiary/aromatic N) is 5. The minimum atomic E-state index is -0.287. The Morgan fingerprint density at radius 1 is 1.06 bits per heavy atom. The van der Waals surface area contributed by atoms with E-state index >= 15 is 0 Å². The molecule has 1 saturated heterocycles. The minimum absolute atomic E-state index is 0.116. The molecule has 0 spiro atoms. The fourth-order valence-electron chi connectivity index (χ4n) is 4.63. The lowest BCUT2D eigenvalue weighted by Gasteiger charge is -2.36. The molecule has 2 heterocycles. The molecular formula is C28H36FN5OS. The van der Waals surface area contributed by atoms with Gasteiger partial charge in [-0.15, -0.1) is 11.8 Å². The summed E-state index contributed by atoms with van der Waals surface area (Å²) < 4.78 is 16.0. The summed E-state index contributed by atoms with van der Waals surface area (Å²) in [6.07, 6.45) is 0.878. The fraction of sp³-hybridized carbons (Fsp3) is 0.429. The summed E-state index contributed by atoms with van der Waals surface area (Å²) in [6, 6.07) is 16.6. The number of carbonyl (C=O) groups is 1. The smallest absolute Gasteiger partial charge is 0.233 e. The first-order valence-corrected chi connectivity index (χ1v) is 13.8. The number of anilines is 1. The second-order valence-corrected chi connectivity index (χ2v) is 10.2. The van der Waals surface area contributed by atoms with E-state index in [1.165, 1.54) is 12.1 Å². The monoisotopic (exact) mass is 509 g/mol. The molecule has 0 bridgehead atoms. The van der Waals surface area contributed by atoms with Gasteiger partial charge in [-0.25, -0.2) is 9.07 Å². The molecule has 0 saturated carbocycles. The van der Waals surface area contributed by atoms with Crippen LogP contribution in [-0.4, -0.2) is 70.5 Å². The van der Waals surface area contributed by atoms with Gasteiger partial charge in [0.05, 0.1) is 23.7 Å². The number of aromatic nitrogens is 2. The number of benzene rings is 2. The van der Waals surface area contributed by atoms with E-state index in [4.69, 9.17) is 5.10 Å². The summed E-state index contributed by atoms with van der Waals surface area (Å²) in [5, 5.41) is 4.85. The van der Waals surface area contributed by atoms with Crippen LogP contribution in [0.3, 0.4) is 0 Å². The van der Waals surface area contributed by atoms with E-state index < -0.39 is 0 Å². The molecule has 6 nitrogen and oxygen atoms in total. The Morgan fingerprint density at radius 3 is 2.47 bits per heavy atom. The van der Waals surface area contributed by atoms with Crippen molar-refractivity contribution in [2.45, 2.75) is 38.6 Å². The number of piperazine rings is 1. The predicted molar refractivity (Wildman–Crippen MR) is 145 cm³/mol. The molecule has 0 aliphatic carbocycles. The lowest BCUT2D eigenvalue weighted by molar-refractivity contribution is -0.129. The van der Waals surface area contributed by atoms with Gasteiger partial charge in [0.25, 0.3) is 0 Å². The molecule has 4 rings (SSSR count). The van der Waals surface area contributed by atoms with Gasteiger partial charge in [0, 0.05) is 43.2 Å². The van der Waals surface area contributed by atoms with Crippen molar-refractivity contribution in [3.63, 3.8) is 0 Å². The van der Waals surface area contributed by atoms with Crippen molar-refractivity contribution in [3.05, 3.63) is 71.7 Å². The van der Waals surface area contributed by atoms with Crippen molar-refractivity contribution < 1.29 is 9.18 Å². The van der Waals surface area contributed by atoms with E-state index in [2.05, 4.69) is 23.6 Å². The van der Waals surface area contributed by atoms with Crippen molar-refractivity contribution in [2.75, 3.05) is 49.9 Å². The highest BCUT2D eigenvalue weighted by molar-refractivity contribution is 8.00. The highest BCUT2D eigenvalue weighted by Crippen LogP contribution is 2.30. The van der Waals surface area contributed by atoms with Gasteiger partial charge < -0.3 is 14.7 Å². The van der Waals surface area contributed by atoms with Crippen LogP contribution in [0.5, 0.6) is 0 Å². The maximum atomic E-state index is 14.2. The summed E-state index contributed by atoms with van der Waals surface area (Å²) in [4.78, 5) is 21.1. The largest absolute Gasteiger partial charge is 0.354 e. The number of hydrogen-bond acceptors (Lipinski definition) is 5. The number of hydrogen-bond donors (Lipinski definition) is 0. The summed E-state index contributed by atoms with van der Waals surface area (Å²) in [7, 11) is 0. The Kier molecular flexibility index (Phi) is 9.04. The van der Waals surface area contributed by atoms with Crippen molar-refractivity contribution in [1.82, 2.24) is 19.6 Å². The van der Waals surface area contributed by atoms with Gasteiger partial charge in [-0.05, 0) is 50.2 Å². The second-order valence-electron chi connectivity index (χ2n) is 9.12. The van der Waals surface area contributed by atoms with Crippen LogP contribution >= 0.6 is 11.8 Å². The van der Waals surface area contributed by atoms with Crippen LogP contribution in [-0.2, 0) is 11.3 Å². The summed E-state index contributed by atoms with van der Waals surface area (Å²) in [6.45, 7) is 12.1. The topological polar surface area (TPSA) is 44.6 Å². The van der Waals surface area contributed by atoms with E-state index in [1.807, 2.05) is 52.9 Å². The van der Waals surface area contributed by atoms with Gasteiger partial charge in [0.1, 0.15) is 11.6 Å². The number of rotatable bonds is 10. The third kappa shape index (κ3) is 6.28. The average molecular weight is 510 g/mol. The summed E-state index contributed by atoms with van der Waals surface area (Å²) >= 11 is 1.57. The van der Waals surface area contributed by atoms with E-state index in [9.17, 15) is 9.18 Å². The number of halogens is 1. The Morgan fingerprint density at radius 2 is 1.81 bits per heavy atom. The zero-order chi connectivity index (χ0) is 25.5. The number of thioether (sulfide) groups is 1. The average Bonchev–Trinajstić information content (AvgIpc) is 3.23. The maximum absolute atomic E-state index is 14.2. The predicted octanol–water partition coefficient (Wildman–Crippen LogP) is 4.99. The summed E-state index contributed by atoms with van der Waals surface area (Å²) in [5.41, 5.74) is 2.61. The molecule has 0 atom stereocenters. The first-order chi connectivity index (χ1) is 17.5. The number of aryl methyl sites for hydroxylation is 1. The van der Waals surface area contributed by atoms with Crippen LogP contribution in [0.25, 0.3) is 5.69 Å². The van der Waals surface area contributed by atoms with Crippen molar-refractivity contribution in [3.8, 4) is 5.69 Å². The second kappa shape index (κ2) is 12.4.